The van der Waals surface area contributed by atoms with Gasteiger partial charge in [0.2, 0.25) is 0 Å². The Balaban J connectivity index is 1.80. The van der Waals surface area contributed by atoms with Crippen molar-refractivity contribution in [3.05, 3.63) is 84.1 Å². The number of hydrogen-bond acceptors (Lipinski definition) is 4. The van der Waals surface area contributed by atoms with Crippen molar-refractivity contribution in [2.75, 3.05) is 6.54 Å². The molecule has 0 fully saturated rings. The Labute approximate surface area is 166 Å². The summed E-state index contributed by atoms with van der Waals surface area (Å²) in [6.45, 7) is 1.67. The van der Waals surface area contributed by atoms with Crippen LogP contribution in [0.25, 0.3) is 16.8 Å². The van der Waals surface area contributed by atoms with Crippen molar-refractivity contribution in [1.29, 1.82) is 0 Å². The number of esters is 1. The number of nitrogens with zero attached hydrogens (tertiary/aromatic N) is 1. The van der Waals surface area contributed by atoms with E-state index in [4.69, 9.17) is 4.74 Å². The van der Waals surface area contributed by atoms with Gasteiger partial charge in [-0.15, -0.1) is 0 Å². The predicted octanol–water partition coefficient (Wildman–Crippen LogP) is 4.07. The number of ether oxygens (including phenoxy) is 1. The number of hydrogen-bond donors (Lipinski definition) is 0. The van der Waals surface area contributed by atoms with Gasteiger partial charge in [0.25, 0.3) is 0 Å². The number of carbonyl (C=O) groups is 1. The molecule has 0 saturated carbocycles. The number of fused-ring (bicyclic) bond motifs is 1. The molecule has 0 amide bonds. The second-order valence-corrected chi connectivity index (χ2v) is 7.10. The normalized spacial score (nSPS) is 12.2. The first-order valence-electron chi connectivity index (χ1n) is 8.83. The van der Waals surface area contributed by atoms with Crippen LogP contribution in [0.15, 0.2) is 72.9 Å². The van der Waals surface area contributed by atoms with E-state index < -0.39 is 11.3 Å². The van der Waals surface area contributed by atoms with Crippen LogP contribution in [0.2, 0.25) is 0 Å². The van der Waals surface area contributed by atoms with Crippen molar-refractivity contribution < 1.29 is 18.3 Å². The lowest BCUT2D eigenvalue weighted by Gasteiger charge is -2.22. The first-order chi connectivity index (χ1) is 13.5. The molecule has 0 heterocycles. The molecule has 28 heavy (non-hydrogen) atoms. The third-order valence-corrected chi connectivity index (χ3v) is 4.94. The van der Waals surface area contributed by atoms with Gasteiger partial charge in [0, 0.05) is 36.3 Å². The second-order valence-electron chi connectivity index (χ2n) is 6.20. The molecule has 0 aliphatic rings. The molecule has 1 atom stereocenters. The van der Waals surface area contributed by atoms with Crippen molar-refractivity contribution in [2.24, 2.45) is 0 Å². The fourth-order valence-corrected chi connectivity index (χ4v) is 3.37. The summed E-state index contributed by atoms with van der Waals surface area (Å²) in [6.07, 6.45) is 3.85. The van der Waals surface area contributed by atoms with Gasteiger partial charge >= 0.3 is 5.97 Å². The quantitative estimate of drug-likeness (QED) is 0.344. The van der Waals surface area contributed by atoms with Crippen LogP contribution < -0.4 is 4.74 Å². The smallest absolute Gasteiger partial charge is 0.308 e. The van der Waals surface area contributed by atoms with Crippen LogP contribution in [0.3, 0.4) is 0 Å². The highest BCUT2D eigenvalue weighted by Gasteiger charge is 2.09. The zero-order chi connectivity index (χ0) is 19.9. The standard InChI is InChI=1S/C22H21NO4S/c1-17(24)27-22-12-6-10-20-19(9-5-11-21(20)22)14-16-23(28(25)26)15-13-18-7-3-2-4-8-18/h2-13,15H,14,16H2,1H3,(H,25,26)/p-1. The van der Waals surface area contributed by atoms with E-state index in [1.807, 2.05) is 60.7 Å². The number of benzene rings is 3. The molecule has 1 unspecified atom stereocenters. The maximum absolute atomic E-state index is 11.6. The molecule has 3 rings (SSSR count). The fourth-order valence-electron chi connectivity index (χ4n) is 2.97. The molecular weight excluding hydrogens is 374 g/mol. The first-order valence-corrected chi connectivity index (χ1v) is 9.86. The summed E-state index contributed by atoms with van der Waals surface area (Å²) in [7, 11) is 0. The highest BCUT2D eigenvalue weighted by Crippen LogP contribution is 2.28. The molecule has 3 aromatic rings. The zero-order valence-corrected chi connectivity index (χ0v) is 16.2. The predicted molar refractivity (Wildman–Crippen MR) is 110 cm³/mol. The molecule has 3 aromatic carbocycles. The summed E-state index contributed by atoms with van der Waals surface area (Å²) in [5, 5.41) is 1.76. The molecule has 0 aliphatic heterocycles. The molecule has 144 valence electrons. The lowest BCUT2D eigenvalue weighted by atomic mass is 10.0. The van der Waals surface area contributed by atoms with Gasteiger partial charge in [-0.25, -0.2) is 0 Å². The third-order valence-electron chi connectivity index (χ3n) is 4.25. The van der Waals surface area contributed by atoms with Crippen molar-refractivity contribution in [3.63, 3.8) is 0 Å². The Bertz CT molecular complexity index is 1020. The molecule has 6 heteroatoms. The van der Waals surface area contributed by atoms with Gasteiger partial charge in [-0.3, -0.25) is 9.00 Å². The minimum absolute atomic E-state index is 0.302. The molecule has 0 spiro atoms. The van der Waals surface area contributed by atoms with Gasteiger partial charge in [-0.05, 0) is 35.1 Å². The van der Waals surface area contributed by atoms with Crippen LogP contribution in [0.4, 0.5) is 0 Å². The lowest BCUT2D eigenvalue weighted by molar-refractivity contribution is -0.131. The van der Waals surface area contributed by atoms with Crippen molar-refractivity contribution in [2.45, 2.75) is 13.3 Å². The minimum Gasteiger partial charge on any atom is -0.755 e. The van der Waals surface area contributed by atoms with Gasteiger partial charge in [0.15, 0.2) is 0 Å². The van der Waals surface area contributed by atoms with Gasteiger partial charge in [0.05, 0.1) is 0 Å². The Morgan fingerprint density at radius 1 is 1.04 bits per heavy atom. The van der Waals surface area contributed by atoms with Crippen molar-refractivity contribution >= 4 is 34.1 Å². The van der Waals surface area contributed by atoms with Crippen molar-refractivity contribution in [1.82, 2.24) is 4.31 Å². The average molecular weight is 394 g/mol. The number of rotatable bonds is 7. The van der Waals surface area contributed by atoms with Crippen LogP contribution >= 0.6 is 0 Å². The summed E-state index contributed by atoms with van der Waals surface area (Å²) < 4.78 is 29.7. The van der Waals surface area contributed by atoms with E-state index >= 15 is 0 Å². The van der Waals surface area contributed by atoms with E-state index in [2.05, 4.69) is 0 Å². The summed E-state index contributed by atoms with van der Waals surface area (Å²) in [4.78, 5) is 11.3. The molecule has 0 radical (unpaired) electrons. The van der Waals surface area contributed by atoms with Crippen LogP contribution in [-0.4, -0.2) is 25.6 Å². The minimum atomic E-state index is -2.37. The molecule has 0 saturated heterocycles. The molecule has 5 nitrogen and oxygen atoms in total. The Kier molecular flexibility index (Phi) is 6.57. The maximum atomic E-state index is 11.6. The van der Waals surface area contributed by atoms with Gasteiger partial charge in [-0.1, -0.05) is 60.7 Å². The van der Waals surface area contributed by atoms with Crippen LogP contribution in [0.1, 0.15) is 18.1 Å². The van der Waals surface area contributed by atoms with E-state index in [0.717, 1.165) is 21.9 Å². The third kappa shape index (κ3) is 5.06. The van der Waals surface area contributed by atoms with Gasteiger partial charge < -0.3 is 13.6 Å². The molecule has 0 N–H and O–H groups in total. The number of carbonyl (C=O) groups excluding carboxylic acids is 1. The summed E-state index contributed by atoms with van der Waals surface area (Å²) in [5.41, 5.74) is 1.91. The summed E-state index contributed by atoms with van der Waals surface area (Å²) in [6, 6.07) is 20.7. The van der Waals surface area contributed by atoms with E-state index in [9.17, 15) is 13.6 Å². The summed E-state index contributed by atoms with van der Waals surface area (Å²) in [5.74, 6) is 0.122. The molecular formula is C22H20NO4S-. The highest BCUT2D eigenvalue weighted by molar-refractivity contribution is 7.76. The van der Waals surface area contributed by atoms with E-state index in [0.29, 0.717) is 18.7 Å². The highest BCUT2D eigenvalue weighted by atomic mass is 32.2. The monoisotopic (exact) mass is 394 g/mol. The van der Waals surface area contributed by atoms with Crippen molar-refractivity contribution in [3.8, 4) is 5.75 Å². The SMILES string of the molecule is CC(=O)Oc1cccc2c(CCN(C=Cc3ccccc3)S(=O)[O-])cccc12. The Morgan fingerprint density at radius 2 is 1.75 bits per heavy atom. The maximum Gasteiger partial charge on any atom is 0.308 e. The van der Waals surface area contributed by atoms with Crippen LogP contribution in [-0.2, 0) is 22.5 Å². The molecule has 0 bridgehead atoms. The Morgan fingerprint density at radius 3 is 2.46 bits per heavy atom. The van der Waals surface area contributed by atoms with E-state index in [1.54, 1.807) is 18.3 Å². The summed E-state index contributed by atoms with van der Waals surface area (Å²) >= 11 is -2.37. The first kappa shape index (κ1) is 19.8. The van der Waals surface area contributed by atoms with Crippen LogP contribution in [0.5, 0.6) is 5.75 Å². The van der Waals surface area contributed by atoms with E-state index in [-0.39, 0.29) is 5.97 Å². The topological polar surface area (TPSA) is 69.7 Å². The average Bonchev–Trinajstić information content (AvgIpc) is 2.68. The Hall–Kier alpha value is -2.96. The van der Waals surface area contributed by atoms with Crippen LogP contribution in [0, 0.1) is 0 Å². The molecule has 0 aromatic heterocycles. The van der Waals surface area contributed by atoms with Gasteiger partial charge in [0.1, 0.15) is 5.75 Å². The van der Waals surface area contributed by atoms with E-state index in [1.165, 1.54) is 11.2 Å². The van der Waals surface area contributed by atoms with Gasteiger partial charge in [-0.2, -0.15) is 0 Å². The largest absolute Gasteiger partial charge is 0.755 e. The lowest BCUT2D eigenvalue weighted by Crippen LogP contribution is -2.22. The second kappa shape index (κ2) is 9.30. The zero-order valence-electron chi connectivity index (χ0n) is 15.4. The fraction of sp³-hybridized carbons (Fsp3) is 0.136. The molecule has 0 aliphatic carbocycles.